The molecule has 3 rings (SSSR count). The Morgan fingerprint density at radius 1 is 1.05 bits per heavy atom. The topological polar surface area (TPSA) is 181 Å². The molecule has 0 amide bonds. The molecule has 1 aromatic heterocycles. The first kappa shape index (κ1) is 27.1. The Morgan fingerprint density at radius 3 is 2.03 bits per heavy atom. The molecule has 0 spiro atoms. The molecule has 3 aromatic rings. The summed E-state index contributed by atoms with van der Waals surface area (Å²) in [6.45, 7) is 2.81. The van der Waals surface area contributed by atoms with E-state index in [9.17, 15) is 38.5 Å². The largest absolute Gasteiger partial charge is 0.481 e. The van der Waals surface area contributed by atoms with E-state index in [1.807, 2.05) is 0 Å². The van der Waals surface area contributed by atoms with Gasteiger partial charge in [0, 0.05) is 17.6 Å². The lowest BCUT2D eigenvalue weighted by atomic mass is 9.88. The van der Waals surface area contributed by atoms with E-state index in [2.05, 4.69) is 9.68 Å². The number of carbonyl (C=O) groups is 1. The van der Waals surface area contributed by atoms with Crippen molar-refractivity contribution in [2.75, 3.05) is 6.26 Å². The van der Waals surface area contributed by atoms with Crippen LogP contribution < -0.4 is 0 Å². The van der Waals surface area contributed by atoms with Crippen LogP contribution in [-0.4, -0.2) is 46.3 Å². The maximum atomic E-state index is 12.5. The molecule has 1 atom stereocenters. The van der Waals surface area contributed by atoms with Gasteiger partial charge >= 0.3 is 5.97 Å². The number of rotatable bonds is 11. The highest BCUT2D eigenvalue weighted by Gasteiger charge is 2.52. The van der Waals surface area contributed by atoms with Gasteiger partial charge in [0.15, 0.2) is 9.84 Å². The van der Waals surface area contributed by atoms with Gasteiger partial charge in [0.25, 0.3) is 16.0 Å². The number of aliphatic carboxylic acids is 1. The molecule has 37 heavy (non-hydrogen) atoms. The van der Waals surface area contributed by atoms with E-state index in [0.717, 1.165) is 6.26 Å². The molecule has 1 heterocycles. The molecule has 0 bridgehead atoms. The predicted octanol–water partition coefficient (Wildman–Crippen LogP) is 3.55. The zero-order valence-corrected chi connectivity index (χ0v) is 20.7. The summed E-state index contributed by atoms with van der Waals surface area (Å²) in [5.74, 6) is -6.44. The van der Waals surface area contributed by atoms with Gasteiger partial charge in [-0.25, -0.2) is 8.42 Å². The summed E-state index contributed by atoms with van der Waals surface area (Å²) in [5, 5.41) is 30.0. The second-order valence-electron chi connectivity index (χ2n) is 8.10. The van der Waals surface area contributed by atoms with Crippen LogP contribution >= 0.6 is 0 Å². The number of carboxylic acid groups (broad SMARTS) is 1. The fourth-order valence-corrected chi connectivity index (χ4v) is 4.81. The molecular weight excluding hydrogens is 510 g/mol. The van der Waals surface area contributed by atoms with Crippen LogP contribution in [0.4, 0.5) is 0 Å². The molecule has 1 unspecified atom stereocenters. The average Bonchev–Trinajstić information content (AvgIpc) is 3.14. The molecule has 13 nitrogen and oxygen atoms in total. The Labute approximate surface area is 211 Å². The highest BCUT2D eigenvalue weighted by molar-refractivity contribution is 7.90. The van der Waals surface area contributed by atoms with Gasteiger partial charge in [0.2, 0.25) is 0 Å². The average molecular weight is 534 g/mol. The lowest BCUT2D eigenvalue weighted by Gasteiger charge is -2.33. The summed E-state index contributed by atoms with van der Waals surface area (Å²) in [4.78, 5) is 44.2. The molecule has 0 aliphatic carbocycles. The first-order chi connectivity index (χ1) is 17.3. The van der Waals surface area contributed by atoms with Crippen LogP contribution in [0.3, 0.4) is 0 Å². The lowest BCUT2D eigenvalue weighted by Crippen LogP contribution is -2.48. The minimum atomic E-state index is -3.48. The maximum Gasteiger partial charge on any atom is 0.315 e. The minimum Gasteiger partial charge on any atom is -0.481 e. The van der Waals surface area contributed by atoms with Crippen molar-refractivity contribution in [1.82, 2.24) is 4.57 Å². The molecule has 14 heteroatoms. The molecule has 0 aliphatic heterocycles. The first-order valence-electron chi connectivity index (χ1n) is 10.8. The summed E-state index contributed by atoms with van der Waals surface area (Å²) in [5.41, 5.74) is 1.73. The number of para-hydroxylation sites is 1. The van der Waals surface area contributed by atoms with Crippen LogP contribution in [0.2, 0.25) is 0 Å². The smallest absolute Gasteiger partial charge is 0.315 e. The molecule has 196 valence electrons. The Hall–Kier alpha value is -4.46. The van der Waals surface area contributed by atoms with Crippen molar-refractivity contribution in [2.45, 2.75) is 36.9 Å². The Balaban J connectivity index is 2.34. The third kappa shape index (κ3) is 5.53. The van der Waals surface area contributed by atoms with E-state index < -0.39 is 44.1 Å². The number of benzene rings is 2. The summed E-state index contributed by atoms with van der Waals surface area (Å²) in [7, 11) is -3.48. The van der Waals surface area contributed by atoms with Crippen LogP contribution in [0, 0.1) is 27.2 Å². The highest BCUT2D eigenvalue weighted by atomic mass is 32.2. The molecule has 1 N–H and O–H groups in total. The molecule has 2 aromatic carbocycles. The van der Waals surface area contributed by atoms with Gasteiger partial charge < -0.3 is 9.67 Å². The Morgan fingerprint density at radius 2 is 1.59 bits per heavy atom. The lowest BCUT2D eigenvalue weighted by molar-refractivity contribution is -0.873. The minimum absolute atomic E-state index is 0.0379. The van der Waals surface area contributed by atoms with Crippen molar-refractivity contribution >= 4 is 15.8 Å². The Bertz CT molecular complexity index is 1420. The van der Waals surface area contributed by atoms with Gasteiger partial charge in [-0.15, -0.1) is 20.2 Å². The molecule has 0 aliphatic rings. The summed E-state index contributed by atoms with van der Waals surface area (Å²) < 4.78 is 25.5. The first-order valence-corrected chi connectivity index (χ1v) is 12.7. The van der Waals surface area contributed by atoms with E-state index >= 15 is 0 Å². The van der Waals surface area contributed by atoms with Crippen LogP contribution in [0.5, 0.6) is 0 Å². The summed E-state index contributed by atoms with van der Waals surface area (Å²) in [6, 6.07) is 15.9. The van der Waals surface area contributed by atoms with Gasteiger partial charge in [-0.2, -0.15) is 0 Å². The highest BCUT2D eigenvalue weighted by Crippen LogP contribution is 2.41. The van der Waals surface area contributed by atoms with Crippen LogP contribution in [0.1, 0.15) is 30.5 Å². The molecule has 0 saturated carbocycles. The summed E-state index contributed by atoms with van der Waals surface area (Å²) in [6.07, 6.45) is 0.504. The monoisotopic (exact) mass is 533 g/mol. The normalized spacial score (nSPS) is 12.5. The van der Waals surface area contributed by atoms with Gasteiger partial charge in [0.05, 0.1) is 10.6 Å². The molecule has 0 fully saturated rings. The van der Waals surface area contributed by atoms with Crippen LogP contribution in [0.15, 0.2) is 65.6 Å². The molecular formula is C23H23N3O10S. The van der Waals surface area contributed by atoms with E-state index in [4.69, 9.17) is 0 Å². The van der Waals surface area contributed by atoms with Crippen molar-refractivity contribution < 1.29 is 38.2 Å². The number of carboxylic acids is 1. The second kappa shape index (κ2) is 10.3. The zero-order valence-electron chi connectivity index (χ0n) is 19.9. The van der Waals surface area contributed by atoms with E-state index in [1.165, 1.54) is 37.3 Å². The van der Waals surface area contributed by atoms with E-state index in [0.29, 0.717) is 16.9 Å². The van der Waals surface area contributed by atoms with Crippen molar-refractivity contribution in [3.8, 4) is 16.9 Å². The quantitative estimate of drug-likeness (QED) is 0.217. The third-order valence-corrected chi connectivity index (χ3v) is 6.96. The second-order valence-corrected chi connectivity index (χ2v) is 10.1. The van der Waals surface area contributed by atoms with Crippen LogP contribution in [0.25, 0.3) is 16.9 Å². The Kier molecular flexibility index (Phi) is 7.53. The number of hydrogen-bond donors (Lipinski definition) is 1. The van der Waals surface area contributed by atoms with Crippen molar-refractivity contribution in [1.29, 1.82) is 0 Å². The molecule has 0 saturated heterocycles. The summed E-state index contributed by atoms with van der Waals surface area (Å²) >= 11 is 0. The number of nitrogens with zero attached hydrogens (tertiary/aromatic N) is 3. The SMILES string of the molecule is CCC(O[N+](=O)[O-])(O[N+](=O)[O-])C(C(=O)O)c1cc(-c2ccc(S(C)(=O)=O)cc2)n(-c2ccccc2)c1C. The fraction of sp³-hybridized carbons (Fsp3) is 0.261. The zero-order chi connectivity index (χ0) is 27.5. The number of sulfone groups is 1. The number of aromatic nitrogens is 1. The van der Waals surface area contributed by atoms with Gasteiger partial charge in [-0.3, -0.25) is 14.5 Å². The van der Waals surface area contributed by atoms with Crippen molar-refractivity contribution in [3.05, 3.63) is 92.1 Å². The van der Waals surface area contributed by atoms with E-state index in [1.54, 1.807) is 41.8 Å². The number of hydrogen-bond acceptors (Lipinski definition) is 9. The fourth-order valence-electron chi connectivity index (χ4n) is 4.18. The predicted molar refractivity (Wildman–Crippen MR) is 129 cm³/mol. The van der Waals surface area contributed by atoms with E-state index in [-0.39, 0.29) is 16.2 Å². The van der Waals surface area contributed by atoms with Gasteiger partial charge in [-0.05, 0) is 54.8 Å². The molecule has 0 radical (unpaired) electrons. The maximum absolute atomic E-state index is 12.5. The third-order valence-electron chi connectivity index (χ3n) is 5.83. The van der Waals surface area contributed by atoms with Gasteiger partial charge in [0.1, 0.15) is 5.92 Å². The van der Waals surface area contributed by atoms with Crippen molar-refractivity contribution in [3.63, 3.8) is 0 Å². The van der Waals surface area contributed by atoms with Crippen LogP contribution in [-0.2, 0) is 24.3 Å². The van der Waals surface area contributed by atoms with Gasteiger partial charge in [-0.1, -0.05) is 37.3 Å². The van der Waals surface area contributed by atoms with Crippen molar-refractivity contribution in [2.24, 2.45) is 0 Å². The standard InChI is InChI=1S/C23H23N3O10S/c1-4-23(35-25(29)30,36-26(31)32)21(22(27)28)19-14-20(16-10-12-18(13-11-16)37(3,33)34)24(15(19)2)17-8-6-5-7-9-17/h5-14,21H,4H2,1-3H3,(H,27,28).